The Labute approximate surface area is 579 Å². The largest absolute Gasteiger partial charge is 0.479 e. The quantitative estimate of drug-likeness (QED) is 0.0251. The van der Waals surface area contributed by atoms with Gasteiger partial charge in [-0.1, -0.05) is 69.4 Å². The molecule has 2 amide bonds. The van der Waals surface area contributed by atoms with Gasteiger partial charge in [-0.25, -0.2) is 24.4 Å². The summed E-state index contributed by atoms with van der Waals surface area (Å²) in [6, 6.07) is 22.4. The number of amides is 2. The highest BCUT2D eigenvalue weighted by atomic mass is 32.1. The van der Waals surface area contributed by atoms with E-state index in [0.717, 1.165) is 59.1 Å². The Kier molecular flexibility index (Phi) is 22.2. The fourth-order valence-corrected chi connectivity index (χ4v) is 17.7. The number of rotatable bonds is 30. The minimum absolute atomic E-state index is 0.00161. The van der Waals surface area contributed by atoms with E-state index in [9.17, 15) is 65.1 Å². The van der Waals surface area contributed by atoms with Crippen molar-refractivity contribution in [2.45, 2.75) is 192 Å². The SMILES string of the molecule is Cc1c(-c2ccc(N3CCc4cccc(C(=O)Nc5nc6ccccc6s5)c4C3)nc2C(=O)O)cnn1CC12CC3(C)CC(C)(C1)CC(OCCN(CC[C@@H](O)[C@H](O)[C@H](O)CO)C(=O)OCc1ccc(NC[C@H](C)NC[C@@H](N)C(C)C)cc1CC[C@@H]1O[C@H](C(=O)O)[C@@H](O)[C@H](O)[C@H]1O)(C3)C2. The number of carboxylic acids is 2. The number of aromatic nitrogens is 4. The number of fused-ring (bicyclic) bond motifs is 2. The Morgan fingerprint density at radius 2 is 1.61 bits per heavy atom. The molecule has 3 aromatic heterocycles. The van der Waals surface area contributed by atoms with Crippen LogP contribution in [0.15, 0.2) is 79.0 Å². The molecule has 536 valence electrons. The summed E-state index contributed by atoms with van der Waals surface area (Å²) in [7, 11) is 0. The Hall–Kier alpha value is -7.25. The van der Waals surface area contributed by atoms with Gasteiger partial charge in [0, 0.05) is 86.0 Å². The average Bonchev–Trinajstić information content (AvgIpc) is 0.711. The summed E-state index contributed by atoms with van der Waals surface area (Å²) < 4.78 is 21.8. The molecule has 4 saturated carbocycles. The molecule has 26 nitrogen and oxygen atoms in total. The number of nitrogens with one attached hydrogen (secondary N) is 3. The van der Waals surface area contributed by atoms with Gasteiger partial charge in [-0.2, -0.15) is 5.10 Å². The first-order valence-electron chi connectivity index (χ1n) is 34.3. The molecule has 2 aliphatic heterocycles. The molecule has 4 aliphatic carbocycles. The fourth-order valence-electron chi connectivity index (χ4n) is 16.9. The van der Waals surface area contributed by atoms with Crippen molar-refractivity contribution in [2.24, 2.45) is 27.9 Å². The van der Waals surface area contributed by atoms with Gasteiger partial charge < -0.3 is 86.3 Å². The molecule has 3 aromatic carbocycles. The number of para-hydroxylation sites is 1. The molecule has 5 fully saturated rings. The van der Waals surface area contributed by atoms with Crippen LogP contribution in [-0.2, 0) is 51.5 Å². The van der Waals surface area contributed by atoms with E-state index < -0.39 is 79.1 Å². The Morgan fingerprint density at radius 3 is 2.32 bits per heavy atom. The maximum Gasteiger partial charge on any atom is 0.410 e. The van der Waals surface area contributed by atoms with Crippen molar-refractivity contribution < 1.29 is 79.3 Å². The van der Waals surface area contributed by atoms with Crippen LogP contribution in [0.5, 0.6) is 0 Å². The number of thiazole rings is 1. The molecule has 5 heterocycles. The summed E-state index contributed by atoms with van der Waals surface area (Å²) in [5.41, 5.74) is 12.0. The molecule has 1 saturated heterocycles. The Balaban J connectivity index is 0.780. The van der Waals surface area contributed by atoms with Crippen LogP contribution in [0.4, 0.5) is 21.4 Å². The first-order chi connectivity index (χ1) is 47.1. The summed E-state index contributed by atoms with van der Waals surface area (Å²) >= 11 is 1.40. The number of carboxylic acid groups (broad SMARTS) is 2. The van der Waals surface area contributed by atoms with E-state index in [-0.39, 0.29) is 91.4 Å². The van der Waals surface area contributed by atoms with Gasteiger partial charge in [0.15, 0.2) is 16.9 Å². The van der Waals surface area contributed by atoms with Gasteiger partial charge in [0.25, 0.3) is 5.91 Å². The number of pyridine rings is 1. The Morgan fingerprint density at radius 1 is 0.848 bits per heavy atom. The maximum absolute atomic E-state index is 14.5. The van der Waals surface area contributed by atoms with E-state index in [4.69, 9.17) is 30.0 Å². The van der Waals surface area contributed by atoms with Gasteiger partial charge in [0.05, 0.1) is 47.4 Å². The minimum atomic E-state index is -1.86. The second kappa shape index (κ2) is 30.1. The summed E-state index contributed by atoms with van der Waals surface area (Å²) in [6.45, 7) is 14.1. The normalized spacial score (nSPS) is 26.4. The van der Waals surface area contributed by atoms with Gasteiger partial charge >= 0.3 is 18.0 Å². The smallest absolute Gasteiger partial charge is 0.410 e. The third kappa shape index (κ3) is 16.4. The van der Waals surface area contributed by atoms with Gasteiger partial charge in [-0.15, -0.1) is 0 Å². The van der Waals surface area contributed by atoms with E-state index >= 15 is 0 Å². The highest BCUT2D eigenvalue weighted by Crippen LogP contribution is 2.72. The molecule has 99 heavy (non-hydrogen) atoms. The molecule has 12 atom stereocenters. The Bertz CT molecular complexity index is 3840. The van der Waals surface area contributed by atoms with Gasteiger partial charge in [-0.3, -0.25) is 14.8 Å². The first kappa shape index (κ1) is 73.0. The van der Waals surface area contributed by atoms with E-state index in [1.165, 1.54) is 16.2 Å². The zero-order valence-electron chi connectivity index (χ0n) is 57.1. The maximum atomic E-state index is 14.5. The molecule has 6 aliphatic rings. The number of aliphatic carboxylic acids is 1. The van der Waals surface area contributed by atoms with Crippen LogP contribution in [0.2, 0.25) is 0 Å². The van der Waals surface area contributed by atoms with Crippen molar-refractivity contribution in [1.29, 1.82) is 0 Å². The van der Waals surface area contributed by atoms with Gasteiger partial charge in [0.2, 0.25) is 0 Å². The lowest BCUT2D eigenvalue weighted by Gasteiger charge is -2.69. The van der Waals surface area contributed by atoms with Crippen molar-refractivity contribution >= 4 is 62.1 Å². The fraction of sp³-hybridized carbons (Fsp3) is 0.569. The average molecular weight is 1390 g/mol. The van der Waals surface area contributed by atoms with Gasteiger partial charge in [-0.05, 0) is 165 Å². The number of nitrogens with two attached hydrogens (primary N) is 1. The molecule has 14 N–H and O–H groups in total. The molecule has 6 aromatic rings. The number of nitrogens with zero attached hydrogens (tertiary/aromatic N) is 6. The zero-order chi connectivity index (χ0) is 70.9. The molecule has 12 rings (SSSR count). The standard InChI is InChI=1S/C72H96N10O16S/c1-40(2)51(73)29-74-41(3)27-75-46-16-14-45(44(26-46)15-18-55-60(87)61(88)62(89)63(98-55)66(93)94)32-96-68(95)80(23-21-53(84)59(86)54(85)31-83)24-25-97-72-36-69(5)33-70(6,37-72)35-71(34-69,38-72)39-82-42(4)49(28-76-82)47-17-19-57(78-58(47)65(91)92)81-22-20-43-10-9-11-48(50(43)30-81)64(90)79-67-77-52-12-7-8-13-56(52)99-67/h7-14,16-17,19,26,28,40-41,51,53-55,59-63,74-75,83-89H,15,18,20-25,27,29-39,73H2,1-6H3,(H,91,92)(H,93,94)(H,77,79,90)/t41-,51+,53+,54+,55-,59-,60-,61+,62-,63-,69?,70?,71?,72?/m0/s1. The summed E-state index contributed by atoms with van der Waals surface area (Å²) in [4.78, 5) is 66.4. The van der Waals surface area contributed by atoms with Crippen LogP contribution in [-0.4, -0.2) is 207 Å². The van der Waals surface area contributed by atoms with Crippen molar-refractivity contribution in [1.82, 2.24) is 30.0 Å². The lowest BCUT2D eigenvalue weighted by atomic mass is 9.39. The monoisotopic (exact) mass is 1390 g/mol. The van der Waals surface area contributed by atoms with Gasteiger partial charge in [0.1, 0.15) is 42.9 Å². The van der Waals surface area contributed by atoms with Crippen molar-refractivity contribution in [3.63, 3.8) is 0 Å². The number of aliphatic hydroxyl groups excluding tert-OH is 7. The zero-order valence-corrected chi connectivity index (χ0v) is 57.9. The first-order valence-corrected chi connectivity index (χ1v) is 35.2. The third-order valence-corrected chi connectivity index (χ3v) is 22.0. The van der Waals surface area contributed by atoms with E-state index in [1.807, 2.05) is 78.0 Å². The number of hydrogen-bond acceptors (Lipinski definition) is 22. The lowest BCUT2D eigenvalue weighted by Crippen LogP contribution is -2.64. The topological polar surface area (TPSA) is 390 Å². The number of anilines is 3. The van der Waals surface area contributed by atoms with Crippen LogP contribution in [0.25, 0.3) is 21.3 Å². The van der Waals surface area contributed by atoms with Crippen LogP contribution in [0, 0.1) is 29.1 Å². The number of carbonyl (C=O) groups is 4. The molecule has 4 bridgehead atoms. The molecule has 0 spiro atoms. The lowest BCUT2D eigenvalue weighted by molar-refractivity contribution is -0.248. The van der Waals surface area contributed by atoms with E-state index in [1.54, 1.807) is 24.4 Å². The number of carbonyl (C=O) groups excluding carboxylic acids is 2. The molecule has 0 radical (unpaired) electrons. The van der Waals surface area contributed by atoms with Crippen LogP contribution in [0.3, 0.4) is 0 Å². The van der Waals surface area contributed by atoms with Crippen LogP contribution >= 0.6 is 11.3 Å². The molecule has 27 heteroatoms. The third-order valence-electron chi connectivity index (χ3n) is 21.0. The number of benzene rings is 3. The van der Waals surface area contributed by atoms with Crippen molar-refractivity contribution in [2.75, 3.05) is 61.5 Å². The summed E-state index contributed by atoms with van der Waals surface area (Å²) in [5, 5.41) is 109. The summed E-state index contributed by atoms with van der Waals surface area (Å²) in [5.74, 6) is -2.22. The second-order valence-corrected chi connectivity index (χ2v) is 30.6. The second-order valence-electron chi connectivity index (χ2n) is 29.6. The van der Waals surface area contributed by atoms with E-state index in [2.05, 4.69) is 48.6 Å². The highest BCUT2D eigenvalue weighted by molar-refractivity contribution is 7.22. The van der Waals surface area contributed by atoms with Crippen molar-refractivity contribution in [3.8, 4) is 11.1 Å². The molecular weight excluding hydrogens is 1290 g/mol. The number of aromatic carboxylic acids is 1. The predicted molar refractivity (Wildman–Crippen MR) is 370 cm³/mol. The highest BCUT2D eigenvalue weighted by Gasteiger charge is 2.66. The number of aliphatic hydroxyl groups is 7. The van der Waals surface area contributed by atoms with E-state index in [0.29, 0.717) is 90.0 Å². The number of ether oxygens (including phenoxy) is 3. The predicted octanol–water partition coefficient (Wildman–Crippen LogP) is 5.86. The summed E-state index contributed by atoms with van der Waals surface area (Å²) in [6.07, 6.45) is -6.59. The van der Waals surface area contributed by atoms with Crippen LogP contribution < -0.4 is 26.6 Å². The number of aryl methyl sites for hydroxylation is 1. The molecular formula is C72H96N10O16S. The van der Waals surface area contributed by atoms with Crippen molar-refractivity contribution in [3.05, 3.63) is 118 Å². The minimum Gasteiger partial charge on any atom is -0.479 e. The number of hydrogen-bond donors (Lipinski definition) is 13. The van der Waals surface area contributed by atoms with Crippen LogP contribution in [0.1, 0.15) is 135 Å². The molecule has 2 unspecified atom stereocenters.